The molecule has 2 aliphatic heterocycles. The minimum absolute atomic E-state index is 0.00541. The van der Waals surface area contributed by atoms with Gasteiger partial charge in [-0.1, -0.05) is 0 Å². The molecule has 2 N–H and O–H groups in total. The van der Waals surface area contributed by atoms with Crippen LogP contribution in [0.15, 0.2) is 11.4 Å². The van der Waals surface area contributed by atoms with Crippen LogP contribution in [-0.2, 0) is 9.59 Å². The number of rotatable bonds is 3. The van der Waals surface area contributed by atoms with Crippen molar-refractivity contribution in [2.24, 2.45) is 11.8 Å². The Morgan fingerprint density at radius 2 is 2.07 bits per heavy atom. The Labute approximate surface area is 169 Å². The van der Waals surface area contributed by atoms with Crippen LogP contribution in [0, 0.1) is 18.8 Å². The fraction of sp³-hybridized carbons (Fsp3) is 0.650. The second-order valence-electron chi connectivity index (χ2n) is 7.87. The normalized spacial score (nSPS) is 29.9. The van der Waals surface area contributed by atoms with Gasteiger partial charge in [-0.2, -0.15) is 0 Å². The molecule has 4 rings (SSSR count). The number of nitrogens with one attached hydrogen (secondary N) is 2. The van der Waals surface area contributed by atoms with Crippen molar-refractivity contribution in [2.75, 3.05) is 32.7 Å². The van der Waals surface area contributed by atoms with Crippen molar-refractivity contribution in [3.05, 3.63) is 21.9 Å². The predicted molar refractivity (Wildman–Crippen MR) is 107 cm³/mol. The smallest absolute Gasteiger partial charge is 0.318 e. The number of nitrogens with zero attached hydrogens (tertiary/aromatic N) is 2. The summed E-state index contributed by atoms with van der Waals surface area (Å²) in [5.41, 5.74) is 1.08. The van der Waals surface area contributed by atoms with Crippen LogP contribution in [0.5, 0.6) is 0 Å². The summed E-state index contributed by atoms with van der Waals surface area (Å²) in [5.74, 6) is -0.192. The molecule has 4 atom stereocenters. The van der Waals surface area contributed by atoms with E-state index in [4.69, 9.17) is 0 Å². The van der Waals surface area contributed by atoms with E-state index >= 15 is 0 Å². The third-order valence-electron chi connectivity index (χ3n) is 6.32. The summed E-state index contributed by atoms with van der Waals surface area (Å²) < 4.78 is 0. The van der Waals surface area contributed by atoms with Gasteiger partial charge in [-0.15, -0.1) is 11.3 Å². The molecule has 0 radical (unpaired) electrons. The third-order valence-corrected chi connectivity index (χ3v) is 7.41. The van der Waals surface area contributed by atoms with Crippen LogP contribution in [0.2, 0.25) is 0 Å². The summed E-state index contributed by atoms with van der Waals surface area (Å²) in [6.45, 7) is 7.20. The number of fused-ring (bicyclic) bond motifs is 1. The van der Waals surface area contributed by atoms with E-state index in [0.717, 1.165) is 23.5 Å². The lowest BCUT2D eigenvalue weighted by atomic mass is 9.88. The first-order valence-corrected chi connectivity index (χ1v) is 11.0. The van der Waals surface area contributed by atoms with Crippen LogP contribution in [-0.4, -0.2) is 66.3 Å². The largest absolute Gasteiger partial charge is 0.338 e. The molecule has 0 aromatic carbocycles. The molecule has 3 aliphatic rings. The molecule has 8 heteroatoms. The summed E-state index contributed by atoms with van der Waals surface area (Å²) >= 11 is 1.58. The topological polar surface area (TPSA) is 81.8 Å². The number of carbonyl (C=O) groups excluding carboxylic acids is 3. The highest BCUT2D eigenvalue weighted by atomic mass is 32.1. The second-order valence-corrected chi connectivity index (χ2v) is 8.82. The second kappa shape index (κ2) is 7.83. The van der Waals surface area contributed by atoms with E-state index in [1.165, 1.54) is 0 Å². The zero-order valence-electron chi connectivity index (χ0n) is 16.4. The molecule has 3 amide bonds. The summed E-state index contributed by atoms with van der Waals surface area (Å²) in [4.78, 5) is 44.1. The van der Waals surface area contributed by atoms with Crippen LogP contribution in [0.3, 0.4) is 0 Å². The van der Waals surface area contributed by atoms with Crippen LogP contribution in [0.1, 0.15) is 36.2 Å². The van der Waals surface area contributed by atoms with Crippen molar-refractivity contribution in [3.8, 4) is 0 Å². The zero-order valence-corrected chi connectivity index (χ0v) is 17.3. The molecule has 7 nitrogen and oxygen atoms in total. The minimum Gasteiger partial charge on any atom is -0.338 e. The van der Waals surface area contributed by atoms with Crippen molar-refractivity contribution in [2.45, 2.75) is 38.8 Å². The third kappa shape index (κ3) is 3.12. The number of piperazine rings is 1. The number of hydrogen-bond donors (Lipinski definition) is 2. The number of carbonyl (C=O) groups is 3. The molecular formula is C20H28N4O3S. The SMILES string of the molecule is CCNC(=O)N1C(C(=O)N2CCNCC2)C2CCC(=O)C2C1c1sccc1C. The predicted octanol–water partition coefficient (Wildman–Crippen LogP) is 1.54. The number of hydrogen-bond acceptors (Lipinski definition) is 5. The number of amides is 3. The quantitative estimate of drug-likeness (QED) is 0.801. The van der Waals surface area contributed by atoms with E-state index in [-0.39, 0.29) is 35.6 Å². The molecule has 1 aromatic rings. The van der Waals surface area contributed by atoms with Gasteiger partial charge in [0.25, 0.3) is 0 Å². The van der Waals surface area contributed by atoms with E-state index in [0.29, 0.717) is 32.5 Å². The first-order chi connectivity index (χ1) is 13.5. The molecule has 2 saturated heterocycles. The van der Waals surface area contributed by atoms with Crippen LogP contribution < -0.4 is 10.6 Å². The van der Waals surface area contributed by atoms with Crippen LogP contribution in [0.25, 0.3) is 0 Å². The number of likely N-dealkylation sites (tertiary alicyclic amines) is 1. The van der Waals surface area contributed by atoms with Crippen LogP contribution in [0.4, 0.5) is 4.79 Å². The molecule has 152 valence electrons. The number of aryl methyl sites for hydroxylation is 1. The summed E-state index contributed by atoms with van der Waals surface area (Å²) in [5, 5.41) is 8.16. The van der Waals surface area contributed by atoms with E-state index in [1.54, 1.807) is 16.2 Å². The Balaban J connectivity index is 1.76. The zero-order chi connectivity index (χ0) is 19.8. The molecule has 28 heavy (non-hydrogen) atoms. The van der Waals surface area contributed by atoms with Crippen molar-refractivity contribution >= 4 is 29.1 Å². The monoisotopic (exact) mass is 404 g/mol. The highest BCUT2D eigenvalue weighted by Gasteiger charge is 2.60. The Kier molecular flexibility index (Phi) is 5.42. The van der Waals surface area contributed by atoms with Crippen molar-refractivity contribution in [1.29, 1.82) is 0 Å². The fourth-order valence-corrected chi connectivity index (χ4v) is 6.13. The molecule has 3 fully saturated rings. The first-order valence-electron chi connectivity index (χ1n) is 10.2. The Bertz CT molecular complexity index is 773. The van der Waals surface area contributed by atoms with Crippen molar-refractivity contribution in [1.82, 2.24) is 20.4 Å². The summed E-state index contributed by atoms with van der Waals surface area (Å²) in [6.07, 6.45) is 1.19. The van der Waals surface area contributed by atoms with Gasteiger partial charge in [0.2, 0.25) is 5.91 Å². The van der Waals surface area contributed by atoms with E-state index < -0.39 is 6.04 Å². The van der Waals surface area contributed by atoms with Gasteiger partial charge in [0.15, 0.2) is 0 Å². The average Bonchev–Trinajstić information content (AvgIpc) is 3.37. The van der Waals surface area contributed by atoms with E-state index in [2.05, 4.69) is 10.6 Å². The maximum Gasteiger partial charge on any atom is 0.318 e. The lowest BCUT2D eigenvalue weighted by Crippen LogP contribution is -2.56. The molecular weight excluding hydrogens is 376 g/mol. The lowest BCUT2D eigenvalue weighted by molar-refractivity contribution is -0.137. The highest BCUT2D eigenvalue weighted by Crippen LogP contribution is 2.53. The molecule has 0 bridgehead atoms. The molecule has 3 heterocycles. The van der Waals surface area contributed by atoms with Crippen LogP contribution >= 0.6 is 11.3 Å². The first kappa shape index (κ1) is 19.4. The maximum absolute atomic E-state index is 13.5. The molecule has 1 aliphatic carbocycles. The summed E-state index contributed by atoms with van der Waals surface area (Å²) in [6, 6.07) is 0.877. The molecule has 0 spiro atoms. The van der Waals surface area contributed by atoms with Gasteiger partial charge in [0, 0.05) is 55.9 Å². The van der Waals surface area contributed by atoms with Gasteiger partial charge < -0.3 is 20.4 Å². The van der Waals surface area contributed by atoms with Gasteiger partial charge in [-0.05, 0) is 37.3 Å². The lowest BCUT2D eigenvalue weighted by Gasteiger charge is -2.36. The highest BCUT2D eigenvalue weighted by molar-refractivity contribution is 7.10. The molecule has 1 saturated carbocycles. The van der Waals surface area contributed by atoms with Gasteiger partial charge in [-0.3, -0.25) is 9.59 Å². The van der Waals surface area contributed by atoms with Crippen molar-refractivity contribution < 1.29 is 14.4 Å². The molecule has 4 unspecified atom stereocenters. The standard InChI is InChI=1S/C20H28N4O3S/c1-3-22-20(27)24-16(19(26)23-9-7-21-8-10-23)13-4-5-14(25)15(13)17(24)18-12(2)6-11-28-18/h6,11,13,15-17,21H,3-5,7-10H2,1-2H3,(H,22,27). The maximum atomic E-state index is 13.5. The number of urea groups is 1. The molecule has 1 aromatic heterocycles. The minimum atomic E-state index is -0.562. The number of ketones is 1. The Morgan fingerprint density at radius 3 is 2.71 bits per heavy atom. The van der Waals surface area contributed by atoms with E-state index in [1.807, 2.05) is 30.2 Å². The van der Waals surface area contributed by atoms with Crippen molar-refractivity contribution in [3.63, 3.8) is 0 Å². The fourth-order valence-electron chi connectivity index (χ4n) is 5.06. The van der Waals surface area contributed by atoms with E-state index in [9.17, 15) is 14.4 Å². The van der Waals surface area contributed by atoms with Gasteiger partial charge in [-0.25, -0.2) is 4.79 Å². The van der Waals surface area contributed by atoms with Gasteiger partial charge >= 0.3 is 6.03 Å². The van der Waals surface area contributed by atoms with Gasteiger partial charge in [0.05, 0.1) is 6.04 Å². The Hall–Kier alpha value is -1.93. The Morgan fingerprint density at radius 1 is 1.32 bits per heavy atom. The average molecular weight is 405 g/mol. The number of thiophene rings is 1. The van der Waals surface area contributed by atoms with Gasteiger partial charge in [0.1, 0.15) is 11.8 Å². The summed E-state index contributed by atoms with van der Waals surface area (Å²) in [7, 11) is 0. The number of Topliss-reactive ketones (excluding diaryl/α,β-unsaturated/α-hetero) is 1.